The van der Waals surface area contributed by atoms with E-state index in [0.29, 0.717) is 13.1 Å². The Morgan fingerprint density at radius 3 is 2.76 bits per heavy atom. The van der Waals surface area contributed by atoms with E-state index in [-0.39, 0.29) is 11.5 Å². The SMILES string of the molecule is CN(C)CCN(Cc1cccs1)C(=O)c1ccncc1F. The Labute approximate surface area is 127 Å². The topological polar surface area (TPSA) is 36.4 Å². The van der Waals surface area contributed by atoms with E-state index in [1.165, 1.54) is 12.3 Å². The van der Waals surface area contributed by atoms with Gasteiger partial charge in [0.1, 0.15) is 0 Å². The molecule has 0 aliphatic heterocycles. The zero-order valence-corrected chi connectivity index (χ0v) is 12.9. The van der Waals surface area contributed by atoms with E-state index in [1.807, 2.05) is 36.5 Å². The molecular formula is C15H18FN3OS. The van der Waals surface area contributed by atoms with Crippen molar-refractivity contribution in [3.8, 4) is 0 Å². The van der Waals surface area contributed by atoms with Gasteiger partial charge in [-0.05, 0) is 31.6 Å². The summed E-state index contributed by atoms with van der Waals surface area (Å²) in [5.41, 5.74) is 0.0697. The maximum atomic E-state index is 13.8. The molecule has 0 unspecified atom stereocenters. The highest BCUT2D eigenvalue weighted by Gasteiger charge is 2.19. The molecule has 0 radical (unpaired) electrons. The van der Waals surface area contributed by atoms with Crippen LogP contribution in [0.2, 0.25) is 0 Å². The van der Waals surface area contributed by atoms with Gasteiger partial charge in [-0.3, -0.25) is 9.78 Å². The van der Waals surface area contributed by atoms with Gasteiger partial charge >= 0.3 is 0 Å². The van der Waals surface area contributed by atoms with Crippen LogP contribution in [-0.4, -0.2) is 47.9 Å². The number of pyridine rings is 1. The lowest BCUT2D eigenvalue weighted by molar-refractivity contribution is 0.0729. The molecule has 0 fully saturated rings. The van der Waals surface area contributed by atoms with Crippen molar-refractivity contribution in [2.75, 3.05) is 27.2 Å². The van der Waals surface area contributed by atoms with Crippen LogP contribution in [0.4, 0.5) is 4.39 Å². The molecule has 2 aromatic rings. The number of nitrogens with zero attached hydrogens (tertiary/aromatic N) is 3. The van der Waals surface area contributed by atoms with Gasteiger partial charge in [-0.25, -0.2) is 4.39 Å². The summed E-state index contributed by atoms with van der Waals surface area (Å²) in [5.74, 6) is -0.881. The first-order valence-electron chi connectivity index (χ1n) is 6.64. The highest BCUT2D eigenvalue weighted by molar-refractivity contribution is 7.09. The number of rotatable bonds is 6. The quantitative estimate of drug-likeness (QED) is 0.822. The van der Waals surface area contributed by atoms with Crippen molar-refractivity contribution in [2.45, 2.75) is 6.54 Å². The van der Waals surface area contributed by atoms with Gasteiger partial charge < -0.3 is 9.80 Å². The Morgan fingerprint density at radius 2 is 2.14 bits per heavy atom. The van der Waals surface area contributed by atoms with Crippen LogP contribution in [-0.2, 0) is 6.54 Å². The number of hydrogen-bond donors (Lipinski definition) is 0. The van der Waals surface area contributed by atoms with Gasteiger partial charge in [0, 0.05) is 24.2 Å². The van der Waals surface area contributed by atoms with E-state index in [0.717, 1.165) is 17.6 Å². The minimum Gasteiger partial charge on any atom is -0.332 e. The Hall–Kier alpha value is -1.79. The van der Waals surface area contributed by atoms with Crippen LogP contribution in [0.3, 0.4) is 0 Å². The molecule has 4 nitrogen and oxygen atoms in total. The number of halogens is 1. The largest absolute Gasteiger partial charge is 0.332 e. The molecule has 112 valence electrons. The van der Waals surface area contributed by atoms with Crippen LogP contribution in [0.1, 0.15) is 15.2 Å². The van der Waals surface area contributed by atoms with E-state index in [4.69, 9.17) is 0 Å². The molecule has 2 aromatic heterocycles. The van der Waals surface area contributed by atoms with Crippen LogP contribution >= 0.6 is 11.3 Å². The lowest BCUT2D eigenvalue weighted by Crippen LogP contribution is -2.36. The fourth-order valence-electron chi connectivity index (χ4n) is 1.88. The van der Waals surface area contributed by atoms with E-state index in [2.05, 4.69) is 4.98 Å². The average molecular weight is 307 g/mol. The molecule has 0 aliphatic carbocycles. The third-order valence-electron chi connectivity index (χ3n) is 3.03. The lowest BCUT2D eigenvalue weighted by Gasteiger charge is -2.24. The average Bonchev–Trinajstić information content (AvgIpc) is 2.96. The molecule has 2 heterocycles. The van der Waals surface area contributed by atoms with Crippen LogP contribution in [0.25, 0.3) is 0 Å². The molecule has 0 saturated heterocycles. The number of carbonyl (C=O) groups excluding carboxylic acids is 1. The number of thiophene rings is 1. The van der Waals surface area contributed by atoms with Crippen LogP contribution in [0.5, 0.6) is 0 Å². The molecule has 0 aliphatic rings. The number of hydrogen-bond acceptors (Lipinski definition) is 4. The molecule has 0 N–H and O–H groups in total. The number of aromatic nitrogens is 1. The van der Waals surface area contributed by atoms with Gasteiger partial charge in [-0.1, -0.05) is 6.07 Å². The summed E-state index contributed by atoms with van der Waals surface area (Å²) in [7, 11) is 3.89. The van der Waals surface area contributed by atoms with Crippen LogP contribution < -0.4 is 0 Å². The zero-order chi connectivity index (χ0) is 15.2. The summed E-state index contributed by atoms with van der Waals surface area (Å²) in [6, 6.07) is 5.35. The molecule has 1 amide bonds. The summed E-state index contributed by atoms with van der Waals surface area (Å²) in [4.78, 5) is 21.0. The van der Waals surface area contributed by atoms with Crippen molar-refractivity contribution in [3.63, 3.8) is 0 Å². The normalized spacial score (nSPS) is 10.9. The maximum Gasteiger partial charge on any atom is 0.257 e. The summed E-state index contributed by atoms with van der Waals surface area (Å²) < 4.78 is 13.8. The van der Waals surface area contributed by atoms with Gasteiger partial charge in [0.05, 0.1) is 18.3 Å². The molecule has 0 aromatic carbocycles. The van der Waals surface area contributed by atoms with Gasteiger partial charge in [0.2, 0.25) is 0 Å². The van der Waals surface area contributed by atoms with Crippen molar-refractivity contribution in [1.29, 1.82) is 0 Å². The van der Waals surface area contributed by atoms with Crippen LogP contribution in [0, 0.1) is 5.82 Å². The van der Waals surface area contributed by atoms with E-state index >= 15 is 0 Å². The third-order valence-corrected chi connectivity index (χ3v) is 3.90. The predicted octanol–water partition coefficient (Wildman–Crippen LogP) is 2.49. The number of likely N-dealkylation sites (N-methyl/N-ethyl adjacent to an activating group) is 1. The molecule has 0 spiro atoms. The monoisotopic (exact) mass is 307 g/mol. The Bertz CT molecular complexity index is 586. The van der Waals surface area contributed by atoms with Gasteiger partial charge in [0.15, 0.2) is 5.82 Å². The van der Waals surface area contributed by atoms with Crippen molar-refractivity contribution in [3.05, 3.63) is 52.2 Å². The lowest BCUT2D eigenvalue weighted by atomic mass is 10.2. The molecular weight excluding hydrogens is 289 g/mol. The second-order valence-electron chi connectivity index (χ2n) is 4.96. The summed E-state index contributed by atoms with van der Waals surface area (Å²) in [6.45, 7) is 1.77. The number of amides is 1. The minimum atomic E-state index is -0.580. The highest BCUT2D eigenvalue weighted by Crippen LogP contribution is 2.15. The predicted molar refractivity (Wildman–Crippen MR) is 81.8 cm³/mol. The Balaban J connectivity index is 2.17. The van der Waals surface area contributed by atoms with E-state index in [1.54, 1.807) is 16.2 Å². The maximum absolute atomic E-state index is 13.8. The van der Waals surface area contributed by atoms with E-state index < -0.39 is 5.82 Å². The third kappa shape index (κ3) is 4.34. The van der Waals surface area contributed by atoms with Gasteiger partial charge in [-0.2, -0.15) is 0 Å². The summed E-state index contributed by atoms with van der Waals surface area (Å²) in [5, 5.41) is 1.97. The molecule has 2 rings (SSSR count). The zero-order valence-electron chi connectivity index (χ0n) is 12.1. The smallest absolute Gasteiger partial charge is 0.257 e. The summed E-state index contributed by atoms with van der Waals surface area (Å²) >= 11 is 1.59. The molecule has 21 heavy (non-hydrogen) atoms. The first-order valence-corrected chi connectivity index (χ1v) is 7.52. The molecule has 6 heteroatoms. The number of carbonyl (C=O) groups is 1. The van der Waals surface area contributed by atoms with Crippen molar-refractivity contribution < 1.29 is 9.18 Å². The Morgan fingerprint density at radius 1 is 1.33 bits per heavy atom. The Kier molecular flexibility index (Phi) is 5.41. The van der Waals surface area contributed by atoms with Crippen LogP contribution in [0.15, 0.2) is 36.0 Å². The fraction of sp³-hybridized carbons (Fsp3) is 0.333. The molecule has 0 atom stereocenters. The van der Waals surface area contributed by atoms with Crippen molar-refractivity contribution in [2.24, 2.45) is 0 Å². The van der Waals surface area contributed by atoms with Crippen molar-refractivity contribution in [1.82, 2.24) is 14.8 Å². The minimum absolute atomic E-state index is 0.0697. The van der Waals surface area contributed by atoms with Gasteiger partial charge in [-0.15, -0.1) is 11.3 Å². The first-order chi connectivity index (χ1) is 10.1. The highest BCUT2D eigenvalue weighted by atomic mass is 32.1. The molecule has 0 bridgehead atoms. The van der Waals surface area contributed by atoms with Crippen molar-refractivity contribution >= 4 is 17.2 Å². The standard InChI is InChI=1S/C15H18FN3OS/c1-18(2)7-8-19(11-12-4-3-9-21-12)15(20)13-5-6-17-10-14(13)16/h3-6,9-10H,7-8,11H2,1-2H3. The second kappa shape index (κ2) is 7.28. The molecule has 0 saturated carbocycles. The van der Waals surface area contributed by atoms with Gasteiger partial charge in [0.25, 0.3) is 5.91 Å². The van der Waals surface area contributed by atoms with E-state index in [9.17, 15) is 9.18 Å². The fourth-order valence-corrected chi connectivity index (χ4v) is 2.60. The summed E-state index contributed by atoms with van der Waals surface area (Å²) in [6.07, 6.45) is 2.51. The first kappa shape index (κ1) is 15.6. The second-order valence-corrected chi connectivity index (χ2v) is 6.00.